The summed E-state index contributed by atoms with van der Waals surface area (Å²) >= 11 is 0. The van der Waals surface area contributed by atoms with Gasteiger partial charge in [-0.05, 0) is 57.0 Å². The number of hydrogen-bond acceptors (Lipinski definition) is 3. The predicted molar refractivity (Wildman–Crippen MR) is 111 cm³/mol. The molecule has 0 aliphatic heterocycles. The van der Waals surface area contributed by atoms with Crippen LogP contribution in [-0.2, 0) is 4.79 Å². The molecule has 0 fully saturated rings. The topological polar surface area (TPSA) is 52.7 Å². The molecule has 0 radical (unpaired) electrons. The molecular weight excluding hydrogens is 338 g/mol. The summed E-state index contributed by atoms with van der Waals surface area (Å²) in [5.41, 5.74) is 4.58. The van der Waals surface area contributed by atoms with Gasteiger partial charge in [-0.25, -0.2) is 0 Å². The lowest BCUT2D eigenvalue weighted by Gasteiger charge is -2.24. The second-order valence-corrected chi connectivity index (χ2v) is 6.65. The van der Waals surface area contributed by atoms with Crippen molar-refractivity contribution in [3.8, 4) is 0 Å². The number of amides is 2. The molecular formula is C22H29N3O2. The molecule has 2 rings (SSSR count). The Morgan fingerprint density at radius 2 is 1.56 bits per heavy atom. The van der Waals surface area contributed by atoms with Crippen molar-refractivity contribution in [3.05, 3.63) is 59.2 Å². The Hall–Kier alpha value is -2.82. The van der Waals surface area contributed by atoms with Crippen LogP contribution in [0.15, 0.2) is 42.5 Å². The molecule has 0 heterocycles. The van der Waals surface area contributed by atoms with Crippen LogP contribution < -0.4 is 5.32 Å². The van der Waals surface area contributed by atoms with Crippen LogP contribution in [0.2, 0.25) is 0 Å². The molecule has 144 valence electrons. The van der Waals surface area contributed by atoms with Crippen LogP contribution in [0.3, 0.4) is 0 Å². The van der Waals surface area contributed by atoms with E-state index in [-0.39, 0.29) is 18.4 Å². The highest BCUT2D eigenvalue weighted by Gasteiger charge is 2.20. The van der Waals surface area contributed by atoms with Crippen LogP contribution in [0.1, 0.15) is 35.3 Å². The number of para-hydroxylation sites is 1. The molecule has 0 spiro atoms. The summed E-state index contributed by atoms with van der Waals surface area (Å²) in [7, 11) is 1.67. The van der Waals surface area contributed by atoms with Crippen LogP contribution in [0.25, 0.3) is 0 Å². The van der Waals surface area contributed by atoms with E-state index >= 15 is 0 Å². The van der Waals surface area contributed by atoms with Gasteiger partial charge in [-0.3, -0.25) is 9.59 Å². The molecule has 0 aromatic heterocycles. The van der Waals surface area contributed by atoms with Crippen molar-refractivity contribution in [1.82, 2.24) is 9.80 Å². The monoisotopic (exact) mass is 367 g/mol. The Morgan fingerprint density at radius 1 is 0.926 bits per heavy atom. The van der Waals surface area contributed by atoms with Gasteiger partial charge in [0, 0.05) is 25.8 Å². The quantitative estimate of drug-likeness (QED) is 0.805. The molecule has 0 unspecified atom stereocenters. The third-order valence-electron chi connectivity index (χ3n) is 4.87. The number of nitrogens with zero attached hydrogens (tertiary/aromatic N) is 2. The van der Waals surface area contributed by atoms with E-state index in [1.54, 1.807) is 18.0 Å². The molecule has 0 saturated carbocycles. The van der Waals surface area contributed by atoms with Gasteiger partial charge >= 0.3 is 0 Å². The first-order valence-electron chi connectivity index (χ1n) is 9.34. The highest BCUT2D eigenvalue weighted by atomic mass is 16.2. The SMILES string of the molecule is CCN(CC)C(=O)CN(C)C(=O)c1ccccc1Nc1cccc(C)c1C. The summed E-state index contributed by atoms with van der Waals surface area (Å²) in [6, 6.07) is 13.4. The average molecular weight is 367 g/mol. The van der Waals surface area contributed by atoms with Crippen molar-refractivity contribution in [2.45, 2.75) is 27.7 Å². The first-order valence-corrected chi connectivity index (χ1v) is 9.34. The van der Waals surface area contributed by atoms with Gasteiger partial charge in [-0.15, -0.1) is 0 Å². The number of carbonyl (C=O) groups excluding carboxylic acids is 2. The lowest BCUT2D eigenvalue weighted by atomic mass is 10.1. The summed E-state index contributed by atoms with van der Waals surface area (Å²) in [5, 5.41) is 3.37. The summed E-state index contributed by atoms with van der Waals surface area (Å²) in [5.74, 6) is -0.222. The van der Waals surface area contributed by atoms with Crippen LogP contribution in [0, 0.1) is 13.8 Å². The van der Waals surface area contributed by atoms with E-state index in [1.165, 1.54) is 10.5 Å². The molecule has 0 atom stereocenters. The van der Waals surface area contributed by atoms with Gasteiger partial charge in [0.25, 0.3) is 5.91 Å². The normalized spacial score (nSPS) is 10.4. The predicted octanol–water partition coefficient (Wildman–Crippen LogP) is 3.99. The Balaban J connectivity index is 2.22. The maximum Gasteiger partial charge on any atom is 0.256 e. The Morgan fingerprint density at radius 3 is 2.22 bits per heavy atom. The van der Waals surface area contributed by atoms with Gasteiger partial charge < -0.3 is 15.1 Å². The number of nitrogens with one attached hydrogen (secondary N) is 1. The standard InChI is InChI=1S/C22H29N3O2/c1-6-25(7-2)21(26)15-24(5)22(27)18-12-8-9-13-20(18)23-19-14-10-11-16(3)17(19)4/h8-14,23H,6-7,15H2,1-5H3. The molecule has 27 heavy (non-hydrogen) atoms. The Labute approximate surface area is 162 Å². The Bertz CT molecular complexity index is 813. The van der Waals surface area contributed by atoms with E-state index in [9.17, 15) is 9.59 Å². The lowest BCUT2D eigenvalue weighted by Crippen LogP contribution is -2.41. The maximum absolute atomic E-state index is 13.0. The number of rotatable bonds is 7. The summed E-state index contributed by atoms with van der Waals surface area (Å²) in [6.07, 6.45) is 0. The smallest absolute Gasteiger partial charge is 0.256 e. The fourth-order valence-corrected chi connectivity index (χ4v) is 2.97. The van der Waals surface area contributed by atoms with Crippen molar-refractivity contribution < 1.29 is 9.59 Å². The van der Waals surface area contributed by atoms with Crippen molar-refractivity contribution in [1.29, 1.82) is 0 Å². The molecule has 5 heteroatoms. The zero-order valence-electron chi connectivity index (χ0n) is 16.9. The third kappa shape index (κ3) is 4.88. The molecule has 1 N–H and O–H groups in total. The molecule has 0 aliphatic carbocycles. The zero-order valence-corrected chi connectivity index (χ0v) is 16.9. The van der Waals surface area contributed by atoms with E-state index in [0.29, 0.717) is 18.7 Å². The molecule has 2 aromatic carbocycles. The van der Waals surface area contributed by atoms with Crippen molar-refractivity contribution in [3.63, 3.8) is 0 Å². The fourth-order valence-electron chi connectivity index (χ4n) is 2.97. The molecule has 0 saturated heterocycles. The average Bonchev–Trinajstić information content (AvgIpc) is 2.66. The minimum absolute atomic E-state index is 0.0455. The number of anilines is 2. The van der Waals surface area contributed by atoms with Gasteiger partial charge in [-0.1, -0.05) is 24.3 Å². The lowest BCUT2D eigenvalue weighted by molar-refractivity contribution is -0.131. The second-order valence-electron chi connectivity index (χ2n) is 6.65. The van der Waals surface area contributed by atoms with E-state index in [0.717, 1.165) is 16.9 Å². The Kier molecular flexibility index (Phi) is 6.99. The number of carbonyl (C=O) groups is 2. The van der Waals surface area contributed by atoms with E-state index in [4.69, 9.17) is 0 Å². The van der Waals surface area contributed by atoms with E-state index in [2.05, 4.69) is 25.2 Å². The summed E-state index contributed by atoms with van der Waals surface area (Å²) < 4.78 is 0. The van der Waals surface area contributed by atoms with Crippen molar-refractivity contribution in [2.75, 3.05) is 32.0 Å². The molecule has 2 amide bonds. The van der Waals surface area contributed by atoms with E-state index in [1.807, 2.05) is 44.2 Å². The van der Waals surface area contributed by atoms with Crippen molar-refractivity contribution in [2.24, 2.45) is 0 Å². The number of likely N-dealkylation sites (N-methyl/N-ethyl adjacent to an activating group) is 2. The molecule has 2 aromatic rings. The van der Waals surface area contributed by atoms with Crippen LogP contribution >= 0.6 is 0 Å². The largest absolute Gasteiger partial charge is 0.355 e. The molecule has 5 nitrogen and oxygen atoms in total. The highest BCUT2D eigenvalue weighted by molar-refractivity contribution is 6.01. The van der Waals surface area contributed by atoms with Gasteiger partial charge in [0.2, 0.25) is 5.91 Å². The van der Waals surface area contributed by atoms with Crippen LogP contribution in [0.4, 0.5) is 11.4 Å². The van der Waals surface area contributed by atoms with Gasteiger partial charge in [0.1, 0.15) is 0 Å². The number of aryl methyl sites for hydroxylation is 1. The third-order valence-corrected chi connectivity index (χ3v) is 4.87. The van der Waals surface area contributed by atoms with Crippen LogP contribution in [-0.4, -0.2) is 48.3 Å². The van der Waals surface area contributed by atoms with Gasteiger partial charge in [0.15, 0.2) is 0 Å². The first kappa shape index (κ1) is 20.5. The minimum Gasteiger partial charge on any atom is -0.355 e. The van der Waals surface area contributed by atoms with Crippen molar-refractivity contribution >= 4 is 23.2 Å². The fraction of sp³-hybridized carbons (Fsp3) is 0.364. The van der Waals surface area contributed by atoms with Gasteiger partial charge in [-0.2, -0.15) is 0 Å². The summed E-state index contributed by atoms with van der Waals surface area (Å²) in [6.45, 7) is 9.34. The zero-order chi connectivity index (χ0) is 20.0. The molecule has 0 bridgehead atoms. The minimum atomic E-state index is -0.177. The number of benzene rings is 2. The van der Waals surface area contributed by atoms with E-state index < -0.39 is 0 Å². The van der Waals surface area contributed by atoms with Crippen LogP contribution in [0.5, 0.6) is 0 Å². The van der Waals surface area contributed by atoms with Gasteiger partial charge in [0.05, 0.1) is 17.8 Å². The second kappa shape index (κ2) is 9.21. The summed E-state index contributed by atoms with van der Waals surface area (Å²) in [4.78, 5) is 28.5. The highest BCUT2D eigenvalue weighted by Crippen LogP contribution is 2.26. The first-order chi connectivity index (χ1) is 12.9. The number of hydrogen-bond donors (Lipinski definition) is 1. The molecule has 0 aliphatic rings. The maximum atomic E-state index is 13.0.